The Hall–Kier alpha value is -3.87. The summed E-state index contributed by atoms with van der Waals surface area (Å²) >= 11 is 12.1. The third-order valence-corrected chi connectivity index (χ3v) is 6.22. The SMILES string of the molecule is O=C(Nc1ccc(Oc2ccc(F)cc2)cc1)N1CC(c2ccc(Cl)cc2)C(c2ccc(Cl)cc2)=N1. The summed E-state index contributed by atoms with van der Waals surface area (Å²) in [6, 6.07) is 27.2. The maximum atomic E-state index is 13.1. The second-order valence-corrected chi connectivity index (χ2v) is 9.06. The molecule has 1 heterocycles. The number of urea groups is 1. The van der Waals surface area contributed by atoms with Gasteiger partial charge in [0.05, 0.1) is 12.3 Å². The number of halogens is 3. The number of amides is 2. The van der Waals surface area contributed by atoms with Gasteiger partial charge in [0, 0.05) is 21.7 Å². The highest BCUT2D eigenvalue weighted by Crippen LogP contribution is 2.31. The number of carbonyl (C=O) groups excluding carboxylic acids is 1. The molecule has 1 atom stereocenters. The lowest BCUT2D eigenvalue weighted by atomic mass is 9.91. The van der Waals surface area contributed by atoms with E-state index in [2.05, 4.69) is 10.4 Å². The highest BCUT2D eigenvalue weighted by molar-refractivity contribution is 6.31. The Kier molecular flexibility index (Phi) is 6.89. The summed E-state index contributed by atoms with van der Waals surface area (Å²) in [5.41, 5.74) is 3.25. The number of benzene rings is 4. The van der Waals surface area contributed by atoms with E-state index in [4.69, 9.17) is 27.9 Å². The number of anilines is 1. The van der Waals surface area contributed by atoms with Gasteiger partial charge in [-0.2, -0.15) is 5.10 Å². The maximum absolute atomic E-state index is 13.1. The zero-order valence-electron chi connectivity index (χ0n) is 18.9. The summed E-state index contributed by atoms with van der Waals surface area (Å²) in [5.74, 6) is 0.623. The number of carbonyl (C=O) groups is 1. The monoisotopic (exact) mass is 519 g/mol. The average Bonchev–Trinajstić information content (AvgIpc) is 3.33. The molecule has 0 saturated carbocycles. The first kappa shape index (κ1) is 23.9. The van der Waals surface area contributed by atoms with Crippen molar-refractivity contribution in [1.29, 1.82) is 0 Å². The van der Waals surface area contributed by atoms with Gasteiger partial charge in [-0.3, -0.25) is 0 Å². The molecule has 8 heteroatoms. The summed E-state index contributed by atoms with van der Waals surface area (Å²) < 4.78 is 18.8. The molecule has 1 N–H and O–H groups in total. The summed E-state index contributed by atoms with van der Waals surface area (Å²) in [4.78, 5) is 13.1. The molecular formula is C28H20Cl2FN3O2. The first-order valence-electron chi connectivity index (χ1n) is 11.2. The minimum absolute atomic E-state index is 0.124. The van der Waals surface area contributed by atoms with Gasteiger partial charge in [0.25, 0.3) is 0 Å². The second kappa shape index (κ2) is 10.4. The van der Waals surface area contributed by atoms with Crippen molar-refractivity contribution in [2.45, 2.75) is 5.92 Å². The van der Waals surface area contributed by atoms with E-state index in [0.29, 0.717) is 33.8 Å². The van der Waals surface area contributed by atoms with Crippen molar-refractivity contribution >= 4 is 40.6 Å². The molecule has 1 unspecified atom stereocenters. The molecule has 5 nitrogen and oxygen atoms in total. The molecule has 0 fully saturated rings. The van der Waals surface area contributed by atoms with E-state index in [1.165, 1.54) is 17.1 Å². The Morgan fingerprint density at radius 3 is 2.00 bits per heavy atom. The first-order chi connectivity index (χ1) is 17.4. The zero-order chi connectivity index (χ0) is 25.1. The maximum Gasteiger partial charge on any atom is 0.342 e. The summed E-state index contributed by atoms with van der Waals surface area (Å²) in [5, 5.41) is 10.2. The van der Waals surface area contributed by atoms with Crippen LogP contribution in [-0.2, 0) is 0 Å². The van der Waals surface area contributed by atoms with Crippen molar-refractivity contribution in [3.63, 3.8) is 0 Å². The summed E-state index contributed by atoms with van der Waals surface area (Å²) in [6.45, 7) is 0.372. The van der Waals surface area contributed by atoms with Crippen LogP contribution in [0.4, 0.5) is 14.9 Å². The normalized spacial score (nSPS) is 14.9. The van der Waals surface area contributed by atoms with Crippen molar-refractivity contribution < 1.29 is 13.9 Å². The third kappa shape index (κ3) is 5.51. The lowest BCUT2D eigenvalue weighted by Crippen LogP contribution is -2.30. The predicted molar refractivity (Wildman–Crippen MR) is 141 cm³/mol. The van der Waals surface area contributed by atoms with Gasteiger partial charge in [0.15, 0.2) is 0 Å². The Labute approximate surface area is 217 Å². The van der Waals surface area contributed by atoms with Crippen LogP contribution in [0.5, 0.6) is 11.5 Å². The number of rotatable bonds is 5. The van der Waals surface area contributed by atoms with Crippen LogP contribution in [0.1, 0.15) is 17.0 Å². The van der Waals surface area contributed by atoms with Crippen LogP contribution in [-0.4, -0.2) is 23.3 Å². The van der Waals surface area contributed by atoms with Crippen molar-refractivity contribution in [3.8, 4) is 11.5 Å². The van der Waals surface area contributed by atoms with Gasteiger partial charge in [0.1, 0.15) is 17.3 Å². The molecule has 4 aromatic carbocycles. The fourth-order valence-electron chi connectivity index (χ4n) is 3.90. The fraction of sp³-hybridized carbons (Fsp3) is 0.0714. The van der Waals surface area contributed by atoms with E-state index in [-0.39, 0.29) is 17.8 Å². The van der Waals surface area contributed by atoms with Crippen molar-refractivity contribution in [1.82, 2.24) is 5.01 Å². The Bertz CT molecular complexity index is 1390. The molecular weight excluding hydrogens is 500 g/mol. The van der Waals surface area contributed by atoms with Gasteiger partial charge < -0.3 is 10.1 Å². The van der Waals surface area contributed by atoms with Crippen LogP contribution in [0.15, 0.2) is 102 Å². The van der Waals surface area contributed by atoms with Gasteiger partial charge in [-0.05, 0) is 83.9 Å². The van der Waals surface area contributed by atoms with E-state index in [9.17, 15) is 9.18 Å². The zero-order valence-corrected chi connectivity index (χ0v) is 20.4. The van der Waals surface area contributed by atoms with Crippen LogP contribution in [0.2, 0.25) is 10.0 Å². The first-order valence-corrected chi connectivity index (χ1v) is 11.9. The van der Waals surface area contributed by atoms with Crippen LogP contribution < -0.4 is 10.1 Å². The lowest BCUT2D eigenvalue weighted by molar-refractivity contribution is 0.218. The van der Waals surface area contributed by atoms with Crippen LogP contribution in [0, 0.1) is 5.82 Å². The molecule has 2 amide bonds. The van der Waals surface area contributed by atoms with Crippen molar-refractivity contribution in [3.05, 3.63) is 124 Å². The number of ether oxygens (including phenoxy) is 1. The molecule has 1 aliphatic rings. The van der Waals surface area contributed by atoms with Crippen molar-refractivity contribution in [2.24, 2.45) is 5.10 Å². The molecule has 0 radical (unpaired) electrons. The van der Waals surface area contributed by atoms with E-state index in [0.717, 1.165) is 16.8 Å². The largest absolute Gasteiger partial charge is 0.457 e. The van der Waals surface area contributed by atoms with Crippen LogP contribution in [0.25, 0.3) is 0 Å². The standard InChI is InChI=1S/C28H20Cl2FN3O2/c29-20-5-1-18(2-6-20)26-17-34(33-27(26)19-3-7-21(30)8-4-19)28(35)32-23-11-15-25(16-12-23)36-24-13-9-22(31)10-14-24/h1-16,26H,17H2,(H,32,35). The van der Waals surface area contributed by atoms with Crippen molar-refractivity contribution in [2.75, 3.05) is 11.9 Å². The Morgan fingerprint density at radius 1 is 0.833 bits per heavy atom. The summed E-state index contributed by atoms with van der Waals surface area (Å²) in [7, 11) is 0. The smallest absolute Gasteiger partial charge is 0.342 e. The number of hydrogen-bond acceptors (Lipinski definition) is 3. The van der Waals surface area contributed by atoms with E-state index in [1.54, 1.807) is 48.5 Å². The molecule has 180 valence electrons. The number of nitrogens with zero attached hydrogens (tertiary/aromatic N) is 2. The number of nitrogens with one attached hydrogen (secondary N) is 1. The minimum Gasteiger partial charge on any atom is -0.457 e. The van der Waals surface area contributed by atoms with Crippen LogP contribution in [0.3, 0.4) is 0 Å². The van der Waals surface area contributed by atoms with Crippen LogP contribution >= 0.6 is 23.2 Å². The molecule has 0 bridgehead atoms. The second-order valence-electron chi connectivity index (χ2n) is 8.19. The van der Waals surface area contributed by atoms with E-state index >= 15 is 0 Å². The predicted octanol–water partition coefficient (Wildman–Crippen LogP) is 7.96. The van der Waals surface area contributed by atoms with Gasteiger partial charge in [-0.1, -0.05) is 47.5 Å². The fourth-order valence-corrected chi connectivity index (χ4v) is 4.15. The van der Waals surface area contributed by atoms with Gasteiger partial charge in [-0.25, -0.2) is 14.2 Å². The third-order valence-electron chi connectivity index (χ3n) is 5.72. The van der Waals surface area contributed by atoms with Gasteiger partial charge in [-0.15, -0.1) is 0 Å². The molecule has 36 heavy (non-hydrogen) atoms. The molecule has 0 aromatic heterocycles. The van der Waals surface area contributed by atoms with Gasteiger partial charge >= 0.3 is 6.03 Å². The van der Waals surface area contributed by atoms with E-state index in [1.807, 2.05) is 36.4 Å². The molecule has 0 spiro atoms. The molecule has 5 rings (SSSR count). The topological polar surface area (TPSA) is 53.9 Å². The summed E-state index contributed by atoms with van der Waals surface area (Å²) in [6.07, 6.45) is 0. The molecule has 1 aliphatic heterocycles. The molecule has 4 aromatic rings. The lowest BCUT2D eigenvalue weighted by Gasteiger charge is -2.16. The molecule has 0 aliphatic carbocycles. The van der Waals surface area contributed by atoms with Gasteiger partial charge in [0.2, 0.25) is 0 Å². The minimum atomic E-state index is -0.356. The highest BCUT2D eigenvalue weighted by atomic mass is 35.5. The highest BCUT2D eigenvalue weighted by Gasteiger charge is 2.32. The van der Waals surface area contributed by atoms with E-state index < -0.39 is 0 Å². The Morgan fingerprint density at radius 2 is 1.39 bits per heavy atom. The average molecular weight is 520 g/mol. The Balaban J connectivity index is 1.32. The quantitative estimate of drug-likeness (QED) is 0.290. The molecule has 0 saturated heterocycles. The number of hydrogen-bond donors (Lipinski definition) is 1. The number of hydrazone groups is 1.